The monoisotopic (exact) mass is 381 g/mol. The van der Waals surface area contributed by atoms with Crippen LogP contribution in [0.25, 0.3) is 0 Å². The van der Waals surface area contributed by atoms with Crippen molar-refractivity contribution in [1.29, 1.82) is 0 Å². The summed E-state index contributed by atoms with van der Waals surface area (Å²) < 4.78 is 0. The minimum absolute atomic E-state index is 0.00953. The van der Waals surface area contributed by atoms with Gasteiger partial charge in [-0.3, -0.25) is 9.69 Å². The van der Waals surface area contributed by atoms with Crippen LogP contribution in [0.15, 0.2) is 5.38 Å². The Labute approximate surface area is 157 Å². The van der Waals surface area contributed by atoms with Crippen molar-refractivity contribution in [2.75, 3.05) is 44.2 Å². The first kappa shape index (κ1) is 18.9. The highest BCUT2D eigenvalue weighted by atomic mass is 32.1. The summed E-state index contributed by atoms with van der Waals surface area (Å²) in [6.07, 6.45) is 1.65. The van der Waals surface area contributed by atoms with Gasteiger partial charge in [0.15, 0.2) is 5.13 Å². The van der Waals surface area contributed by atoms with Crippen LogP contribution in [0.2, 0.25) is 0 Å². The first-order chi connectivity index (χ1) is 12.5. The molecule has 1 aromatic heterocycles. The van der Waals surface area contributed by atoms with Crippen molar-refractivity contribution in [2.45, 2.75) is 38.8 Å². The number of aromatic nitrogens is 1. The summed E-state index contributed by atoms with van der Waals surface area (Å²) in [5, 5.41) is 15.1. The van der Waals surface area contributed by atoms with E-state index in [1.807, 2.05) is 29.0 Å². The van der Waals surface area contributed by atoms with Crippen molar-refractivity contribution < 1.29 is 14.7 Å². The van der Waals surface area contributed by atoms with Crippen LogP contribution < -0.4 is 10.2 Å². The number of nitrogens with zero attached hydrogens (tertiary/aromatic N) is 4. The predicted molar refractivity (Wildman–Crippen MR) is 101 cm³/mol. The number of carbonyl (C=O) groups excluding carboxylic acids is 1. The van der Waals surface area contributed by atoms with E-state index in [0.29, 0.717) is 13.1 Å². The number of carboxylic acids is 1. The molecule has 0 bridgehead atoms. The van der Waals surface area contributed by atoms with E-state index in [2.05, 4.69) is 15.2 Å². The van der Waals surface area contributed by atoms with E-state index < -0.39 is 5.97 Å². The Bertz CT molecular complexity index is 638. The van der Waals surface area contributed by atoms with Crippen LogP contribution in [0.4, 0.5) is 9.93 Å². The molecule has 0 spiro atoms. The zero-order valence-electron chi connectivity index (χ0n) is 15.3. The molecular weight excluding hydrogens is 354 g/mol. The molecule has 9 heteroatoms. The second kappa shape index (κ2) is 8.22. The second-order valence-electron chi connectivity index (χ2n) is 6.97. The van der Waals surface area contributed by atoms with E-state index in [0.717, 1.165) is 43.3 Å². The third-order valence-corrected chi connectivity index (χ3v) is 6.17. The maximum absolute atomic E-state index is 12.4. The minimum Gasteiger partial charge on any atom is -0.480 e. The average molecular weight is 382 g/mol. The van der Waals surface area contributed by atoms with Gasteiger partial charge in [-0.25, -0.2) is 9.78 Å². The maximum Gasteiger partial charge on any atom is 0.317 e. The number of nitrogens with one attached hydrogen (secondary N) is 1. The van der Waals surface area contributed by atoms with E-state index in [-0.39, 0.29) is 24.7 Å². The van der Waals surface area contributed by atoms with Crippen molar-refractivity contribution in [3.8, 4) is 0 Å². The van der Waals surface area contributed by atoms with Gasteiger partial charge in [0.2, 0.25) is 0 Å². The molecule has 26 heavy (non-hydrogen) atoms. The lowest BCUT2D eigenvalue weighted by Gasteiger charge is -2.43. The van der Waals surface area contributed by atoms with Crippen LogP contribution in [-0.2, 0) is 4.79 Å². The summed E-state index contributed by atoms with van der Waals surface area (Å²) in [6, 6.07) is 0.395. The Morgan fingerprint density at radius 1 is 1.35 bits per heavy atom. The topological polar surface area (TPSA) is 89.0 Å². The van der Waals surface area contributed by atoms with Crippen molar-refractivity contribution in [1.82, 2.24) is 20.1 Å². The SMILES string of the molecule is CCN(CC(=O)O)C1CC(NC(=O)N2CCN(c3nc(C)cs3)CC2)C1. The number of aliphatic carboxylic acids is 1. The maximum atomic E-state index is 12.4. The van der Waals surface area contributed by atoms with Gasteiger partial charge in [0.25, 0.3) is 0 Å². The summed E-state index contributed by atoms with van der Waals surface area (Å²) in [5.74, 6) is -0.798. The summed E-state index contributed by atoms with van der Waals surface area (Å²) in [5.41, 5.74) is 1.04. The van der Waals surface area contributed by atoms with Crippen LogP contribution in [0.1, 0.15) is 25.5 Å². The fourth-order valence-corrected chi connectivity index (χ4v) is 4.39. The summed E-state index contributed by atoms with van der Waals surface area (Å²) in [4.78, 5) is 33.9. The standard InChI is InChI=1S/C17H27N5O3S/c1-3-20(10-15(23)24)14-8-13(9-14)19-16(25)21-4-6-22(7-5-21)17-18-12(2)11-26-17/h11,13-14H,3-10H2,1-2H3,(H,19,25)(H,23,24). The fourth-order valence-electron chi connectivity index (χ4n) is 3.53. The van der Waals surface area contributed by atoms with Gasteiger partial charge in [0.1, 0.15) is 0 Å². The van der Waals surface area contributed by atoms with Crippen molar-refractivity contribution in [2.24, 2.45) is 0 Å². The molecule has 0 radical (unpaired) electrons. The predicted octanol–water partition coefficient (Wildman–Crippen LogP) is 1.22. The van der Waals surface area contributed by atoms with E-state index >= 15 is 0 Å². The van der Waals surface area contributed by atoms with Crippen LogP contribution in [0.5, 0.6) is 0 Å². The minimum atomic E-state index is -0.798. The molecule has 0 aromatic carbocycles. The Morgan fingerprint density at radius 2 is 2.04 bits per heavy atom. The van der Waals surface area contributed by atoms with Gasteiger partial charge >= 0.3 is 12.0 Å². The van der Waals surface area contributed by atoms with Crippen molar-refractivity contribution >= 4 is 28.5 Å². The number of aryl methyl sites for hydroxylation is 1. The number of amides is 2. The molecular formula is C17H27N5O3S. The molecule has 0 atom stereocenters. The van der Waals surface area contributed by atoms with Crippen molar-refractivity contribution in [3.63, 3.8) is 0 Å². The number of thiazole rings is 1. The summed E-state index contributed by atoms with van der Waals surface area (Å²) >= 11 is 1.65. The Morgan fingerprint density at radius 3 is 2.58 bits per heavy atom. The highest BCUT2D eigenvalue weighted by molar-refractivity contribution is 7.13. The highest BCUT2D eigenvalue weighted by Crippen LogP contribution is 2.26. The van der Waals surface area contributed by atoms with Gasteiger partial charge in [-0.05, 0) is 26.3 Å². The average Bonchev–Trinajstić information content (AvgIpc) is 3.02. The normalized spacial score (nSPS) is 23.0. The van der Waals surface area contributed by atoms with Crippen LogP contribution in [0, 0.1) is 6.92 Å². The number of hydrogen-bond donors (Lipinski definition) is 2. The lowest BCUT2D eigenvalue weighted by Crippen LogP contribution is -2.59. The van der Waals surface area contributed by atoms with Gasteiger partial charge in [0, 0.05) is 43.6 Å². The third-order valence-electron chi connectivity index (χ3n) is 5.15. The Balaban J connectivity index is 1.39. The first-order valence-electron chi connectivity index (χ1n) is 9.14. The van der Waals surface area contributed by atoms with Crippen LogP contribution in [0.3, 0.4) is 0 Å². The number of carboxylic acid groups (broad SMARTS) is 1. The number of rotatable bonds is 6. The first-order valence-corrected chi connectivity index (χ1v) is 10.0. The molecule has 1 saturated heterocycles. The molecule has 3 rings (SSSR count). The molecule has 2 amide bonds. The summed E-state index contributed by atoms with van der Waals surface area (Å²) in [7, 11) is 0. The quantitative estimate of drug-likeness (QED) is 0.770. The van der Waals surface area contributed by atoms with Crippen LogP contribution >= 0.6 is 11.3 Å². The number of anilines is 1. The van der Waals surface area contributed by atoms with Crippen LogP contribution in [-0.4, -0.2) is 83.2 Å². The Kier molecular flexibility index (Phi) is 5.98. The van der Waals surface area contributed by atoms with Gasteiger partial charge in [0.05, 0.1) is 12.2 Å². The summed E-state index contributed by atoms with van der Waals surface area (Å²) in [6.45, 7) is 7.74. The number of piperazine rings is 1. The molecule has 1 aliphatic carbocycles. The van der Waals surface area contributed by atoms with E-state index in [4.69, 9.17) is 5.11 Å². The molecule has 2 fully saturated rings. The number of urea groups is 1. The van der Waals surface area contributed by atoms with Gasteiger partial charge < -0.3 is 20.2 Å². The van der Waals surface area contributed by atoms with E-state index in [1.54, 1.807) is 11.3 Å². The number of hydrogen-bond acceptors (Lipinski definition) is 6. The number of carbonyl (C=O) groups is 2. The van der Waals surface area contributed by atoms with Gasteiger partial charge in [-0.1, -0.05) is 6.92 Å². The molecule has 2 aliphatic rings. The molecule has 1 saturated carbocycles. The molecule has 2 N–H and O–H groups in total. The number of likely N-dealkylation sites (N-methyl/N-ethyl adjacent to an activating group) is 1. The fraction of sp³-hybridized carbons (Fsp3) is 0.706. The van der Waals surface area contributed by atoms with E-state index in [9.17, 15) is 9.59 Å². The molecule has 0 unspecified atom stereocenters. The van der Waals surface area contributed by atoms with Gasteiger partial charge in [-0.15, -0.1) is 11.3 Å². The second-order valence-corrected chi connectivity index (χ2v) is 7.81. The lowest BCUT2D eigenvalue weighted by molar-refractivity contribution is -0.139. The molecule has 1 aliphatic heterocycles. The largest absolute Gasteiger partial charge is 0.480 e. The Hall–Kier alpha value is -1.87. The zero-order chi connectivity index (χ0) is 18.7. The highest BCUT2D eigenvalue weighted by Gasteiger charge is 2.35. The van der Waals surface area contributed by atoms with E-state index in [1.165, 1.54) is 0 Å². The van der Waals surface area contributed by atoms with Gasteiger partial charge in [-0.2, -0.15) is 0 Å². The molecule has 1 aromatic rings. The lowest BCUT2D eigenvalue weighted by atomic mass is 9.85. The smallest absolute Gasteiger partial charge is 0.317 e. The molecule has 2 heterocycles. The molecule has 8 nitrogen and oxygen atoms in total. The zero-order valence-corrected chi connectivity index (χ0v) is 16.2. The molecule has 144 valence electrons. The third kappa shape index (κ3) is 4.45. The van der Waals surface area contributed by atoms with Crippen molar-refractivity contribution in [3.05, 3.63) is 11.1 Å².